The van der Waals surface area contributed by atoms with Gasteiger partial charge in [0.25, 0.3) is 0 Å². The predicted octanol–water partition coefficient (Wildman–Crippen LogP) is 2.33. The van der Waals surface area contributed by atoms with Gasteiger partial charge in [-0.25, -0.2) is 9.78 Å². The quantitative estimate of drug-likeness (QED) is 0.823. The first-order valence-corrected chi connectivity index (χ1v) is 10.1. The Kier molecular flexibility index (Phi) is 3.84. The minimum Gasteiger partial charge on any atom is -0.345 e. The van der Waals surface area contributed by atoms with E-state index in [0.717, 1.165) is 49.2 Å². The molecular weight excluding hydrogens is 350 g/mol. The molecule has 26 heavy (non-hydrogen) atoms. The molecule has 2 aromatic rings. The van der Waals surface area contributed by atoms with Crippen LogP contribution in [0.1, 0.15) is 43.5 Å². The summed E-state index contributed by atoms with van der Waals surface area (Å²) in [5, 5.41) is 5.57. The summed E-state index contributed by atoms with van der Waals surface area (Å²) in [6.45, 7) is 3.37. The molecule has 1 aliphatic carbocycles. The van der Waals surface area contributed by atoms with Crippen LogP contribution in [0.4, 0.5) is 15.6 Å². The Bertz CT molecular complexity index is 814. The van der Waals surface area contributed by atoms with Crippen molar-refractivity contribution >= 4 is 28.4 Å². The first kappa shape index (κ1) is 16.0. The van der Waals surface area contributed by atoms with Crippen molar-refractivity contribution in [1.82, 2.24) is 24.0 Å². The van der Waals surface area contributed by atoms with Gasteiger partial charge < -0.3 is 9.80 Å². The molecule has 2 aliphatic heterocycles. The number of aromatic nitrogens is 4. The topological polar surface area (TPSA) is 70.4 Å². The van der Waals surface area contributed by atoms with E-state index in [4.69, 9.17) is 4.98 Å². The molecule has 0 N–H and O–H groups in total. The van der Waals surface area contributed by atoms with E-state index in [2.05, 4.69) is 14.4 Å². The predicted molar refractivity (Wildman–Crippen MR) is 100.0 cm³/mol. The number of hydrogen-bond donors (Lipinski definition) is 0. The summed E-state index contributed by atoms with van der Waals surface area (Å²) in [5.74, 6) is 1.63. The number of hydrogen-bond acceptors (Lipinski definition) is 6. The van der Waals surface area contributed by atoms with Crippen LogP contribution < -0.4 is 9.80 Å². The number of rotatable bonds is 4. The highest BCUT2D eigenvalue weighted by atomic mass is 32.1. The van der Waals surface area contributed by atoms with Crippen molar-refractivity contribution in [1.29, 1.82) is 0 Å². The van der Waals surface area contributed by atoms with Gasteiger partial charge in [-0.2, -0.15) is 9.47 Å². The van der Waals surface area contributed by atoms with Crippen molar-refractivity contribution in [3.05, 3.63) is 18.2 Å². The van der Waals surface area contributed by atoms with Gasteiger partial charge >= 0.3 is 6.03 Å². The molecule has 2 saturated heterocycles. The Labute approximate surface area is 156 Å². The van der Waals surface area contributed by atoms with Crippen LogP contribution in [0, 0.1) is 0 Å². The molecule has 1 saturated carbocycles. The van der Waals surface area contributed by atoms with Crippen LogP contribution >= 0.6 is 11.5 Å². The highest BCUT2D eigenvalue weighted by molar-refractivity contribution is 7.09. The monoisotopic (exact) mass is 373 g/mol. The van der Waals surface area contributed by atoms with E-state index in [0.29, 0.717) is 12.0 Å². The molecule has 8 nitrogen and oxygen atoms in total. The van der Waals surface area contributed by atoms with E-state index >= 15 is 0 Å². The second-order valence-electron chi connectivity index (χ2n) is 7.49. The molecule has 2 amide bonds. The van der Waals surface area contributed by atoms with Gasteiger partial charge in [0.05, 0.1) is 17.9 Å². The maximum absolute atomic E-state index is 12.2. The molecule has 1 unspecified atom stereocenters. The maximum Gasteiger partial charge on any atom is 0.324 e. The molecule has 0 aromatic carbocycles. The zero-order valence-corrected chi connectivity index (χ0v) is 15.7. The van der Waals surface area contributed by atoms with Crippen LogP contribution in [0.25, 0.3) is 0 Å². The van der Waals surface area contributed by atoms with Crippen LogP contribution in [-0.4, -0.2) is 63.3 Å². The summed E-state index contributed by atoms with van der Waals surface area (Å²) in [6.07, 6.45) is 8.62. The van der Waals surface area contributed by atoms with Crippen molar-refractivity contribution in [3.8, 4) is 0 Å². The first-order chi connectivity index (χ1) is 12.7. The molecule has 0 spiro atoms. The van der Waals surface area contributed by atoms with Crippen LogP contribution in [0.3, 0.4) is 0 Å². The van der Waals surface area contributed by atoms with Gasteiger partial charge in [0, 0.05) is 56.9 Å². The fraction of sp³-hybridized carbons (Fsp3) is 0.647. The molecule has 2 aromatic heterocycles. The zero-order chi connectivity index (χ0) is 17.7. The third-order valence-electron chi connectivity index (χ3n) is 5.83. The van der Waals surface area contributed by atoms with Crippen LogP contribution in [0.2, 0.25) is 0 Å². The summed E-state index contributed by atoms with van der Waals surface area (Å²) < 4.78 is 6.58. The standard InChI is InChI=1S/C17H23N7OS/c1-21-7-8-23(17(21)25)14-9-18-24(11-14)13-5-6-22(10-13)16-19-15(20-26-16)12-3-2-4-12/h9,11-13H,2-8,10H2,1H3. The highest BCUT2D eigenvalue weighted by Gasteiger charge is 2.31. The number of anilines is 2. The number of carbonyl (C=O) groups excluding carboxylic acids is 1. The molecule has 138 valence electrons. The molecular formula is C17H23N7OS. The Morgan fingerprint density at radius 1 is 1.19 bits per heavy atom. The minimum absolute atomic E-state index is 0.0509. The molecule has 3 aliphatic rings. The lowest BCUT2D eigenvalue weighted by molar-refractivity contribution is 0.229. The fourth-order valence-corrected chi connectivity index (χ4v) is 4.65. The van der Waals surface area contributed by atoms with Gasteiger partial charge in [-0.05, 0) is 19.3 Å². The highest BCUT2D eigenvalue weighted by Crippen LogP contribution is 2.37. The zero-order valence-electron chi connectivity index (χ0n) is 14.9. The van der Waals surface area contributed by atoms with Gasteiger partial charge in [-0.15, -0.1) is 0 Å². The van der Waals surface area contributed by atoms with Gasteiger partial charge in [0.1, 0.15) is 5.82 Å². The molecule has 0 bridgehead atoms. The molecule has 0 radical (unpaired) electrons. The minimum atomic E-state index is 0.0509. The van der Waals surface area contributed by atoms with Gasteiger partial charge in [0.2, 0.25) is 5.13 Å². The number of amides is 2. The van der Waals surface area contributed by atoms with Gasteiger partial charge in [-0.1, -0.05) is 6.42 Å². The van der Waals surface area contributed by atoms with Crippen molar-refractivity contribution in [2.45, 2.75) is 37.6 Å². The van der Waals surface area contributed by atoms with E-state index in [1.165, 1.54) is 30.8 Å². The first-order valence-electron chi connectivity index (χ1n) is 9.34. The van der Waals surface area contributed by atoms with E-state index < -0.39 is 0 Å². The summed E-state index contributed by atoms with van der Waals surface area (Å²) in [5.41, 5.74) is 0.890. The number of likely N-dealkylation sites (N-methyl/N-ethyl adjacent to an activating group) is 1. The summed E-state index contributed by atoms with van der Waals surface area (Å²) in [4.78, 5) is 22.8. The smallest absolute Gasteiger partial charge is 0.324 e. The third kappa shape index (κ3) is 2.65. The van der Waals surface area contributed by atoms with Crippen LogP contribution in [0.15, 0.2) is 12.4 Å². The van der Waals surface area contributed by atoms with Crippen molar-refractivity contribution in [2.24, 2.45) is 0 Å². The van der Waals surface area contributed by atoms with E-state index in [-0.39, 0.29) is 6.03 Å². The van der Waals surface area contributed by atoms with Gasteiger partial charge in [0.15, 0.2) is 0 Å². The number of carbonyl (C=O) groups is 1. The molecule has 5 rings (SSSR count). The molecule has 1 atom stereocenters. The Hall–Kier alpha value is -2.16. The Morgan fingerprint density at radius 3 is 2.81 bits per heavy atom. The van der Waals surface area contributed by atoms with Gasteiger partial charge in [-0.3, -0.25) is 9.58 Å². The molecule has 4 heterocycles. The van der Waals surface area contributed by atoms with E-state index in [1.807, 2.05) is 17.9 Å². The lowest BCUT2D eigenvalue weighted by Crippen LogP contribution is -2.28. The second-order valence-corrected chi connectivity index (χ2v) is 8.22. The maximum atomic E-state index is 12.2. The average molecular weight is 373 g/mol. The van der Waals surface area contributed by atoms with Crippen LogP contribution in [0.5, 0.6) is 0 Å². The van der Waals surface area contributed by atoms with Crippen molar-refractivity contribution in [3.63, 3.8) is 0 Å². The molecule has 3 fully saturated rings. The van der Waals surface area contributed by atoms with E-state index in [1.54, 1.807) is 16.0 Å². The Morgan fingerprint density at radius 2 is 2.08 bits per heavy atom. The fourth-order valence-electron chi connectivity index (χ4n) is 3.87. The SMILES string of the molecule is CN1CCN(c2cnn(C3CCN(c4nc(C5CCC5)ns4)C3)c2)C1=O. The summed E-state index contributed by atoms with van der Waals surface area (Å²) in [7, 11) is 1.83. The second kappa shape index (κ2) is 6.22. The van der Waals surface area contributed by atoms with E-state index in [9.17, 15) is 4.79 Å². The third-order valence-corrected chi connectivity index (χ3v) is 6.62. The Balaban J connectivity index is 1.26. The summed E-state index contributed by atoms with van der Waals surface area (Å²) >= 11 is 1.52. The lowest BCUT2D eigenvalue weighted by atomic mass is 9.85. The summed E-state index contributed by atoms with van der Waals surface area (Å²) in [6, 6.07) is 0.366. The number of nitrogens with zero attached hydrogens (tertiary/aromatic N) is 7. The van der Waals surface area contributed by atoms with Crippen LogP contribution in [-0.2, 0) is 0 Å². The van der Waals surface area contributed by atoms with Crippen molar-refractivity contribution < 1.29 is 4.79 Å². The average Bonchev–Trinajstić information content (AvgIpc) is 3.33. The molecule has 9 heteroatoms. The van der Waals surface area contributed by atoms with Crippen molar-refractivity contribution in [2.75, 3.05) is 43.0 Å². The number of urea groups is 1. The lowest BCUT2D eigenvalue weighted by Gasteiger charge is -2.22. The largest absolute Gasteiger partial charge is 0.345 e. The normalized spacial score (nSPS) is 24.0.